The summed E-state index contributed by atoms with van der Waals surface area (Å²) in [5.74, 6) is 0.885. The summed E-state index contributed by atoms with van der Waals surface area (Å²) in [5.41, 5.74) is 2.20. The number of thiazole rings is 1. The molecule has 0 unspecified atom stereocenters. The first-order valence-corrected chi connectivity index (χ1v) is 7.02. The van der Waals surface area contributed by atoms with Gasteiger partial charge < -0.3 is 4.74 Å². The van der Waals surface area contributed by atoms with E-state index in [1.54, 1.807) is 11.3 Å². The summed E-state index contributed by atoms with van der Waals surface area (Å²) in [5, 5.41) is 9.74. The summed E-state index contributed by atoms with van der Waals surface area (Å²) in [6.45, 7) is 4.62. The van der Waals surface area contributed by atoms with Gasteiger partial charge in [-0.15, -0.1) is 11.3 Å². The largest absolute Gasteiger partial charge is 0.493 e. The molecule has 0 radical (unpaired) electrons. The van der Waals surface area contributed by atoms with Crippen molar-refractivity contribution in [2.24, 2.45) is 0 Å². The predicted molar refractivity (Wildman–Crippen MR) is 76.5 cm³/mol. The number of aromatic nitrogens is 1. The maximum absolute atomic E-state index is 8.70. The molecule has 0 atom stereocenters. The van der Waals surface area contributed by atoms with Gasteiger partial charge in [0.05, 0.1) is 29.8 Å². The smallest absolute Gasteiger partial charge is 0.119 e. The molecule has 0 fully saturated rings. The average Bonchev–Trinajstić information content (AvgIpc) is 2.73. The maximum atomic E-state index is 8.70. The molecule has 1 heterocycles. The molecule has 19 heavy (non-hydrogen) atoms. The second-order valence-corrected chi connectivity index (χ2v) is 5.53. The van der Waals surface area contributed by atoms with E-state index in [9.17, 15) is 0 Å². The van der Waals surface area contributed by atoms with Crippen LogP contribution in [0.15, 0.2) is 24.3 Å². The number of hydrogen-bond donors (Lipinski definition) is 0. The number of benzene rings is 1. The Hall–Kier alpha value is -1.86. The first-order chi connectivity index (χ1) is 9.19. The van der Waals surface area contributed by atoms with Crippen LogP contribution >= 0.6 is 11.3 Å². The minimum Gasteiger partial charge on any atom is -0.493 e. The fraction of sp³-hybridized carbons (Fsp3) is 0.333. The third-order valence-electron chi connectivity index (χ3n) is 2.78. The topological polar surface area (TPSA) is 45.9 Å². The molecule has 0 aliphatic heterocycles. The highest BCUT2D eigenvalue weighted by molar-refractivity contribution is 7.11. The number of hydrogen-bond acceptors (Lipinski definition) is 4. The minimum absolute atomic E-state index is 0.447. The van der Waals surface area contributed by atoms with Gasteiger partial charge in [0.2, 0.25) is 0 Å². The van der Waals surface area contributed by atoms with Crippen LogP contribution in [0.25, 0.3) is 0 Å². The van der Waals surface area contributed by atoms with Crippen LogP contribution in [0.2, 0.25) is 0 Å². The predicted octanol–water partition coefficient (Wildman–Crippen LogP) is 3.45. The molecule has 0 amide bonds. The highest BCUT2D eigenvalue weighted by Gasteiger charge is 2.07. The summed E-state index contributed by atoms with van der Waals surface area (Å²) in [4.78, 5) is 5.52. The molecule has 98 valence electrons. The Labute approximate surface area is 117 Å². The number of nitrogens with zero attached hydrogens (tertiary/aromatic N) is 2. The van der Waals surface area contributed by atoms with E-state index in [0.29, 0.717) is 13.0 Å². The van der Waals surface area contributed by atoms with Crippen LogP contribution in [-0.4, -0.2) is 11.6 Å². The van der Waals surface area contributed by atoms with E-state index < -0.39 is 0 Å². The van der Waals surface area contributed by atoms with E-state index in [2.05, 4.69) is 18.0 Å². The van der Waals surface area contributed by atoms with Crippen LogP contribution < -0.4 is 4.74 Å². The lowest BCUT2D eigenvalue weighted by Crippen LogP contribution is -2.00. The van der Waals surface area contributed by atoms with Crippen LogP contribution in [0, 0.1) is 25.2 Å². The monoisotopic (exact) mass is 272 g/mol. The Morgan fingerprint density at radius 2 is 2.00 bits per heavy atom. The van der Waals surface area contributed by atoms with E-state index >= 15 is 0 Å². The van der Waals surface area contributed by atoms with Gasteiger partial charge in [0, 0.05) is 11.3 Å². The van der Waals surface area contributed by atoms with Gasteiger partial charge in [-0.25, -0.2) is 4.98 Å². The lowest BCUT2D eigenvalue weighted by molar-refractivity contribution is 0.321. The number of rotatable bonds is 5. The molecular formula is C15H16N2OS. The zero-order valence-corrected chi connectivity index (χ0v) is 12.0. The van der Waals surface area contributed by atoms with Gasteiger partial charge >= 0.3 is 0 Å². The van der Waals surface area contributed by atoms with Gasteiger partial charge in [-0.1, -0.05) is 17.7 Å². The van der Waals surface area contributed by atoms with Gasteiger partial charge in [0.1, 0.15) is 5.75 Å². The van der Waals surface area contributed by atoms with Crippen molar-refractivity contribution in [3.05, 3.63) is 45.4 Å². The van der Waals surface area contributed by atoms with Crippen LogP contribution in [0.4, 0.5) is 0 Å². The summed E-state index contributed by atoms with van der Waals surface area (Å²) >= 11 is 1.61. The molecule has 0 spiro atoms. The van der Waals surface area contributed by atoms with Crippen LogP contribution in [0.1, 0.15) is 21.1 Å². The van der Waals surface area contributed by atoms with Crippen LogP contribution in [-0.2, 0) is 12.8 Å². The Balaban J connectivity index is 1.87. The van der Waals surface area contributed by atoms with Crippen molar-refractivity contribution in [3.63, 3.8) is 0 Å². The molecule has 1 aromatic carbocycles. The molecule has 0 saturated heterocycles. The number of ether oxygens (including phenoxy) is 1. The van der Waals surface area contributed by atoms with Crippen molar-refractivity contribution in [1.29, 1.82) is 5.26 Å². The molecule has 0 aliphatic carbocycles. The Morgan fingerprint density at radius 1 is 1.26 bits per heavy atom. The van der Waals surface area contributed by atoms with Crippen molar-refractivity contribution in [2.45, 2.75) is 26.7 Å². The van der Waals surface area contributed by atoms with Gasteiger partial charge in [-0.3, -0.25) is 0 Å². The molecule has 0 bridgehead atoms. The first-order valence-electron chi connectivity index (χ1n) is 6.20. The van der Waals surface area contributed by atoms with Crippen molar-refractivity contribution in [3.8, 4) is 11.8 Å². The zero-order valence-electron chi connectivity index (χ0n) is 11.1. The molecule has 0 saturated carbocycles. The summed E-state index contributed by atoms with van der Waals surface area (Å²) in [6, 6.07) is 10.2. The van der Waals surface area contributed by atoms with Crippen molar-refractivity contribution >= 4 is 11.3 Å². The third-order valence-corrected chi connectivity index (χ3v) is 4.00. The molecule has 4 heteroatoms. The van der Waals surface area contributed by atoms with Gasteiger partial charge in [0.25, 0.3) is 0 Å². The lowest BCUT2D eigenvalue weighted by Gasteiger charge is -2.04. The lowest BCUT2D eigenvalue weighted by atomic mass is 10.2. The highest BCUT2D eigenvalue weighted by atomic mass is 32.1. The van der Waals surface area contributed by atoms with E-state index in [4.69, 9.17) is 10.00 Å². The maximum Gasteiger partial charge on any atom is 0.119 e. The normalized spacial score (nSPS) is 10.2. The van der Waals surface area contributed by atoms with Crippen LogP contribution in [0.3, 0.4) is 0 Å². The average molecular weight is 272 g/mol. The van der Waals surface area contributed by atoms with Gasteiger partial charge in [0.15, 0.2) is 0 Å². The second kappa shape index (κ2) is 6.35. The fourth-order valence-electron chi connectivity index (χ4n) is 1.72. The van der Waals surface area contributed by atoms with Crippen molar-refractivity contribution < 1.29 is 4.74 Å². The zero-order chi connectivity index (χ0) is 13.7. The molecule has 2 rings (SSSR count). The second-order valence-electron chi connectivity index (χ2n) is 4.36. The van der Waals surface area contributed by atoms with Crippen molar-refractivity contribution in [1.82, 2.24) is 4.98 Å². The van der Waals surface area contributed by atoms with Crippen molar-refractivity contribution in [2.75, 3.05) is 6.61 Å². The van der Waals surface area contributed by atoms with Gasteiger partial charge in [-0.2, -0.15) is 5.26 Å². The molecule has 2 aromatic rings. The minimum atomic E-state index is 0.447. The van der Waals surface area contributed by atoms with E-state index in [0.717, 1.165) is 27.7 Å². The highest BCUT2D eigenvalue weighted by Crippen LogP contribution is 2.19. The molecule has 1 aromatic heterocycles. The van der Waals surface area contributed by atoms with E-state index in [1.807, 2.05) is 31.2 Å². The fourth-order valence-corrected chi connectivity index (χ4v) is 2.70. The molecule has 3 nitrogen and oxygen atoms in total. The standard InChI is InChI=1S/C15H16N2OS/c1-11-3-5-13(6-4-11)18-10-8-15-17-12(2)14(19-15)7-9-16/h3-6H,7-8,10H2,1-2H3. The van der Waals surface area contributed by atoms with Gasteiger partial charge in [-0.05, 0) is 26.0 Å². The SMILES string of the molecule is Cc1ccc(OCCc2nc(C)c(CC#N)s2)cc1. The molecule has 0 N–H and O–H groups in total. The molecular weight excluding hydrogens is 256 g/mol. The summed E-state index contributed by atoms with van der Waals surface area (Å²) < 4.78 is 5.68. The van der Waals surface area contributed by atoms with Crippen LogP contribution in [0.5, 0.6) is 5.75 Å². The Morgan fingerprint density at radius 3 is 2.68 bits per heavy atom. The molecule has 0 aliphatic rings. The van der Waals surface area contributed by atoms with E-state index in [-0.39, 0.29) is 0 Å². The Bertz CT molecular complexity index is 581. The first kappa shape index (κ1) is 13.6. The summed E-state index contributed by atoms with van der Waals surface area (Å²) in [7, 11) is 0. The third kappa shape index (κ3) is 3.80. The summed E-state index contributed by atoms with van der Waals surface area (Å²) in [6.07, 6.45) is 1.23. The number of nitriles is 1. The van der Waals surface area contributed by atoms with E-state index in [1.165, 1.54) is 5.56 Å². The quantitative estimate of drug-likeness (QED) is 0.837. The number of aryl methyl sites for hydroxylation is 2. The Kier molecular flexibility index (Phi) is 4.53.